The summed E-state index contributed by atoms with van der Waals surface area (Å²) in [5.74, 6) is 0.840. The highest BCUT2D eigenvalue weighted by Crippen LogP contribution is 2.65. The zero-order valence-electron chi connectivity index (χ0n) is 16.3. The van der Waals surface area contributed by atoms with E-state index in [1.807, 2.05) is 18.2 Å². The number of benzene rings is 2. The maximum absolute atomic E-state index is 12.9. The van der Waals surface area contributed by atoms with Gasteiger partial charge in [0.2, 0.25) is 5.91 Å². The predicted octanol–water partition coefficient (Wildman–Crippen LogP) is 5.46. The number of amides is 1. The summed E-state index contributed by atoms with van der Waals surface area (Å²) in [6.45, 7) is 7.13. The second-order valence-corrected chi connectivity index (χ2v) is 9.33. The van der Waals surface area contributed by atoms with Crippen LogP contribution in [0, 0.1) is 16.7 Å². The molecule has 0 spiro atoms. The SMILES string of the molecule is CC1(C)C2CCC1(C)[C@H](NC(=O)Cc1coc3ccc4ccccc4c13)C2. The molecule has 3 aromatic rings. The summed E-state index contributed by atoms with van der Waals surface area (Å²) >= 11 is 0. The van der Waals surface area contributed by atoms with Crippen LogP contribution < -0.4 is 5.32 Å². The van der Waals surface area contributed by atoms with E-state index in [4.69, 9.17) is 4.42 Å². The van der Waals surface area contributed by atoms with Crippen LogP contribution in [0.2, 0.25) is 0 Å². The van der Waals surface area contributed by atoms with Gasteiger partial charge in [0.15, 0.2) is 0 Å². The molecular formula is C24H27NO2. The van der Waals surface area contributed by atoms with E-state index in [1.165, 1.54) is 18.2 Å². The number of fused-ring (bicyclic) bond motifs is 5. The van der Waals surface area contributed by atoms with E-state index < -0.39 is 0 Å². The lowest BCUT2D eigenvalue weighted by Crippen LogP contribution is -2.47. The molecule has 2 saturated carbocycles. The molecule has 27 heavy (non-hydrogen) atoms. The van der Waals surface area contributed by atoms with Crippen molar-refractivity contribution >= 4 is 27.6 Å². The highest BCUT2D eigenvalue weighted by atomic mass is 16.3. The van der Waals surface area contributed by atoms with Crippen LogP contribution in [0.25, 0.3) is 21.7 Å². The van der Waals surface area contributed by atoms with Crippen LogP contribution in [0.3, 0.4) is 0 Å². The minimum atomic E-state index is 0.111. The number of hydrogen-bond acceptors (Lipinski definition) is 2. The first kappa shape index (κ1) is 16.9. The Bertz CT molecular complexity index is 1050. The fourth-order valence-corrected chi connectivity index (χ4v) is 5.84. The summed E-state index contributed by atoms with van der Waals surface area (Å²) in [7, 11) is 0. The smallest absolute Gasteiger partial charge is 0.224 e. The molecule has 2 aliphatic carbocycles. The number of hydrogen-bond donors (Lipinski definition) is 1. The number of carbonyl (C=O) groups excluding carboxylic acids is 1. The van der Waals surface area contributed by atoms with E-state index in [0.29, 0.717) is 11.8 Å². The van der Waals surface area contributed by atoms with E-state index in [-0.39, 0.29) is 17.4 Å². The van der Waals surface area contributed by atoms with Gasteiger partial charge in [-0.3, -0.25) is 4.79 Å². The Balaban J connectivity index is 1.42. The van der Waals surface area contributed by atoms with Gasteiger partial charge in [-0.15, -0.1) is 0 Å². The minimum absolute atomic E-state index is 0.111. The van der Waals surface area contributed by atoms with E-state index >= 15 is 0 Å². The number of furan rings is 1. The molecule has 2 unspecified atom stereocenters. The molecule has 2 bridgehead atoms. The number of carbonyl (C=O) groups is 1. The average Bonchev–Trinajstić information content (AvgIpc) is 3.21. The summed E-state index contributed by atoms with van der Waals surface area (Å²) in [6.07, 6.45) is 5.76. The van der Waals surface area contributed by atoms with Gasteiger partial charge in [-0.25, -0.2) is 0 Å². The van der Waals surface area contributed by atoms with Crippen LogP contribution >= 0.6 is 0 Å². The van der Waals surface area contributed by atoms with Gasteiger partial charge in [0.1, 0.15) is 5.58 Å². The van der Waals surface area contributed by atoms with E-state index in [9.17, 15) is 4.79 Å². The van der Waals surface area contributed by atoms with E-state index in [0.717, 1.165) is 34.3 Å². The molecule has 1 heterocycles. The second-order valence-electron chi connectivity index (χ2n) is 9.33. The van der Waals surface area contributed by atoms with Crippen molar-refractivity contribution < 1.29 is 9.21 Å². The third kappa shape index (κ3) is 2.30. The zero-order chi connectivity index (χ0) is 18.8. The van der Waals surface area contributed by atoms with E-state index in [2.05, 4.69) is 44.3 Å². The third-order valence-electron chi connectivity index (χ3n) is 8.02. The van der Waals surface area contributed by atoms with Crippen LogP contribution in [0.4, 0.5) is 0 Å². The van der Waals surface area contributed by atoms with Crippen molar-refractivity contribution in [1.29, 1.82) is 0 Å². The lowest BCUT2D eigenvalue weighted by Gasteiger charge is -2.39. The second kappa shape index (κ2) is 5.60. The molecule has 0 radical (unpaired) electrons. The van der Waals surface area contributed by atoms with Gasteiger partial charge in [-0.1, -0.05) is 51.1 Å². The quantitative estimate of drug-likeness (QED) is 0.673. The van der Waals surface area contributed by atoms with E-state index in [1.54, 1.807) is 6.26 Å². The highest BCUT2D eigenvalue weighted by molar-refractivity contribution is 6.08. The van der Waals surface area contributed by atoms with Crippen LogP contribution in [0.5, 0.6) is 0 Å². The first-order valence-corrected chi connectivity index (χ1v) is 10.1. The molecule has 0 aliphatic heterocycles. The Hall–Kier alpha value is -2.29. The first-order chi connectivity index (χ1) is 12.9. The molecule has 2 aliphatic rings. The summed E-state index contributed by atoms with van der Waals surface area (Å²) in [5.41, 5.74) is 2.35. The Kier molecular flexibility index (Phi) is 3.50. The fourth-order valence-electron chi connectivity index (χ4n) is 5.84. The molecule has 2 aromatic carbocycles. The molecule has 2 fully saturated rings. The van der Waals surface area contributed by atoms with Crippen LogP contribution in [0.1, 0.15) is 45.6 Å². The van der Waals surface area contributed by atoms with Crippen molar-refractivity contribution in [3.05, 3.63) is 48.2 Å². The summed E-state index contributed by atoms with van der Waals surface area (Å²) in [4.78, 5) is 12.9. The van der Waals surface area contributed by atoms with Crippen molar-refractivity contribution in [2.24, 2.45) is 16.7 Å². The summed E-state index contributed by atoms with van der Waals surface area (Å²) < 4.78 is 5.75. The van der Waals surface area contributed by atoms with Crippen molar-refractivity contribution in [3.8, 4) is 0 Å². The predicted molar refractivity (Wildman–Crippen MR) is 109 cm³/mol. The van der Waals surface area contributed by atoms with Gasteiger partial charge in [0.25, 0.3) is 0 Å². The largest absolute Gasteiger partial charge is 0.464 e. The van der Waals surface area contributed by atoms with Gasteiger partial charge in [-0.2, -0.15) is 0 Å². The first-order valence-electron chi connectivity index (χ1n) is 10.1. The zero-order valence-corrected chi connectivity index (χ0v) is 16.3. The van der Waals surface area contributed by atoms with Crippen LogP contribution in [0.15, 0.2) is 47.1 Å². The fraction of sp³-hybridized carbons (Fsp3) is 0.458. The maximum Gasteiger partial charge on any atom is 0.224 e. The summed E-state index contributed by atoms with van der Waals surface area (Å²) in [6, 6.07) is 12.6. The lowest BCUT2D eigenvalue weighted by atomic mass is 9.69. The molecule has 140 valence electrons. The molecular weight excluding hydrogens is 334 g/mol. The molecule has 5 rings (SSSR count). The maximum atomic E-state index is 12.9. The van der Waals surface area contributed by atoms with Gasteiger partial charge >= 0.3 is 0 Å². The molecule has 1 N–H and O–H groups in total. The topological polar surface area (TPSA) is 42.2 Å². The normalized spacial score (nSPS) is 28.9. The van der Waals surface area contributed by atoms with Gasteiger partial charge in [-0.05, 0) is 52.8 Å². The van der Waals surface area contributed by atoms with Crippen molar-refractivity contribution in [3.63, 3.8) is 0 Å². The van der Waals surface area contributed by atoms with Crippen molar-refractivity contribution in [2.45, 2.75) is 52.5 Å². The van der Waals surface area contributed by atoms with Gasteiger partial charge in [0, 0.05) is 17.0 Å². The highest BCUT2D eigenvalue weighted by Gasteiger charge is 2.61. The van der Waals surface area contributed by atoms with Gasteiger partial charge < -0.3 is 9.73 Å². The lowest BCUT2D eigenvalue weighted by molar-refractivity contribution is -0.122. The number of rotatable bonds is 3. The third-order valence-corrected chi connectivity index (χ3v) is 8.02. The Morgan fingerprint density at radius 3 is 2.74 bits per heavy atom. The molecule has 3 heteroatoms. The van der Waals surface area contributed by atoms with Crippen LogP contribution in [-0.4, -0.2) is 11.9 Å². The summed E-state index contributed by atoms with van der Waals surface area (Å²) in [5, 5.41) is 6.78. The molecule has 1 amide bonds. The molecule has 0 saturated heterocycles. The molecule has 3 atom stereocenters. The Labute approximate surface area is 160 Å². The monoisotopic (exact) mass is 361 g/mol. The van der Waals surface area contributed by atoms with Crippen LogP contribution in [-0.2, 0) is 11.2 Å². The van der Waals surface area contributed by atoms with Crippen molar-refractivity contribution in [1.82, 2.24) is 5.32 Å². The number of nitrogens with one attached hydrogen (secondary N) is 1. The van der Waals surface area contributed by atoms with Gasteiger partial charge in [0.05, 0.1) is 12.7 Å². The minimum Gasteiger partial charge on any atom is -0.464 e. The average molecular weight is 361 g/mol. The van der Waals surface area contributed by atoms with Crippen molar-refractivity contribution in [2.75, 3.05) is 0 Å². The molecule has 3 nitrogen and oxygen atoms in total. The molecule has 1 aromatic heterocycles. The Morgan fingerprint density at radius 2 is 2.00 bits per heavy atom. The standard InChI is InChI=1S/C24H27NO2/c1-23(2)17-10-11-24(23,3)20(13-17)25-21(26)12-16-14-27-19-9-8-15-6-4-5-7-18(15)22(16)19/h4-9,14,17,20H,10-13H2,1-3H3,(H,25,26)/t17?,20-,24?/m1/s1. The Morgan fingerprint density at radius 1 is 1.19 bits per heavy atom.